The summed E-state index contributed by atoms with van der Waals surface area (Å²) < 4.78 is 9.84. The third-order valence-corrected chi connectivity index (χ3v) is 8.58. The van der Waals surface area contributed by atoms with Crippen LogP contribution in [0, 0.1) is 0 Å². The molecule has 0 radical (unpaired) electrons. The number of hydrogen-bond acceptors (Lipinski definition) is 4. The molecule has 264 valence electrons. The van der Waals surface area contributed by atoms with E-state index in [2.05, 4.69) is 13.8 Å². The van der Waals surface area contributed by atoms with Gasteiger partial charge in [-0.15, -0.1) is 0 Å². The van der Waals surface area contributed by atoms with Gasteiger partial charge in [0.25, 0.3) is 0 Å². The second-order valence-corrected chi connectivity index (χ2v) is 13.0. The van der Waals surface area contributed by atoms with E-state index in [1.807, 2.05) is 13.8 Å². The molecular formula is C40H80O4. The Labute approximate surface area is 277 Å². The Morgan fingerprint density at radius 3 is 0.659 bits per heavy atom. The lowest BCUT2D eigenvalue weighted by molar-refractivity contribution is -0.144. The van der Waals surface area contributed by atoms with Crippen molar-refractivity contribution in [3.05, 3.63) is 0 Å². The summed E-state index contributed by atoms with van der Waals surface area (Å²) >= 11 is 0. The molecule has 0 saturated carbocycles. The molecule has 44 heavy (non-hydrogen) atoms. The van der Waals surface area contributed by atoms with Crippen molar-refractivity contribution in [2.24, 2.45) is 0 Å². The van der Waals surface area contributed by atoms with Crippen LogP contribution in [0.3, 0.4) is 0 Å². The van der Waals surface area contributed by atoms with Crippen LogP contribution >= 0.6 is 0 Å². The molecule has 0 amide bonds. The van der Waals surface area contributed by atoms with Gasteiger partial charge in [-0.05, 0) is 26.7 Å². The van der Waals surface area contributed by atoms with Crippen LogP contribution < -0.4 is 0 Å². The van der Waals surface area contributed by atoms with Gasteiger partial charge in [0.2, 0.25) is 0 Å². The van der Waals surface area contributed by atoms with Gasteiger partial charge in [-0.3, -0.25) is 9.59 Å². The smallest absolute Gasteiger partial charge is 0.305 e. The Hall–Kier alpha value is -1.06. The molecule has 4 heteroatoms. The van der Waals surface area contributed by atoms with Gasteiger partial charge in [-0.1, -0.05) is 194 Å². The van der Waals surface area contributed by atoms with E-state index in [9.17, 15) is 9.59 Å². The predicted molar refractivity (Wildman–Crippen MR) is 192 cm³/mol. The molecule has 0 aromatic rings. The van der Waals surface area contributed by atoms with Crippen molar-refractivity contribution in [3.8, 4) is 0 Å². The first kappa shape index (κ1) is 45.1. The molecule has 0 heterocycles. The van der Waals surface area contributed by atoms with Crippen molar-refractivity contribution in [1.29, 1.82) is 0 Å². The van der Waals surface area contributed by atoms with Gasteiger partial charge in [0.15, 0.2) is 0 Å². The fourth-order valence-corrected chi connectivity index (χ4v) is 5.75. The Bertz CT molecular complexity index is 499. The van der Waals surface area contributed by atoms with Crippen molar-refractivity contribution in [1.82, 2.24) is 0 Å². The molecule has 0 aliphatic rings. The SMILES string of the molecule is CCCCCCCCCCCCCCCCCC(=O)OCC.CCCCCCCCCCCCCCCCCC(=O)OCC. The normalized spacial score (nSPS) is 10.8. The number of ether oxygens (including phenoxy) is 2. The summed E-state index contributed by atoms with van der Waals surface area (Å²) in [4.78, 5) is 22.3. The third-order valence-electron chi connectivity index (χ3n) is 8.58. The monoisotopic (exact) mass is 625 g/mol. The first-order valence-electron chi connectivity index (χ1n) is 19.9. The van der Waals surface area contributed by atoms with Crippen LogP contribution in [0.25, 0.3) is 0 Å². The Morgan fingerprint density at radius 1 is 0.295 bits per heavy atom. The summed E-state index contributed by atoms with van der Waals surface area (Å²) in [5.41, 5.74) is 0. The van der Waals surface area contributed by atoms with Crippen LogP contribution in [0.1, 0.15) is 233 Å². The highest BCUT2D eigenvalue weighted by molar-refractivity contribution is 5.69. The van der Waals surface area contributed by atoms with E-state index >= 15 is 0 Å². The van der Waals surface area contributed by atoms with Gasteiger partial charge < -0.3 is 9.47 Å². The molecule has 0 aromatic heterocycles. The van der Waals surface area contributed by atoms with Crippen molar-refractivity contribution < 1.29 is 19.1 Å². The van der Waals surface area contributed by atoms with E-state index in [1.165, 1.54) is 180 Å². The lowest BCUT2D eigenvalue weighted by Crippen LogP contribution is -2.03. The zero-order valence-electron chi connectivity index (χ0n) is 30.7. The van der Waals surface area contributed by atoms with E-state index in [4.69, 9.17) is 9.47 Å². The molecule has 0 aliphatic heterocycles. The number of rotatable bonds is 34. The lowest BCUT2D eigenvalue weighted by atomic mass is 10.0. The molecule has 0 aromatic carbocycles. The zero-order valence-corrected chi connectivity index (χ0v) is 30.7. The molecule has 0 spiro atoms. The summed E-state index contributed by atoms with van der Waals surface area (Å²) in [5.74, 6) is -0.0608. The van der Waals surface area contributed by atoms with Gasteiger partial charge in [0.05, 0.1) is 13.2 Å². The summed E-state index contributed by atoms with van der Waals surface area (Å²) in [7, 11) is 0. The van der Waals surface area contributed by atoms with Gasteiger partial charge in [-0.2, -0.15) is 0 Å². The predicted octanol–water partition coefficient (Wildman–Crippen LogP) is 13.6. The van der Waals surface area contributed by atoms with Crippen molar-refractivity contribution in [2.45, 2.75) is 233 Å². The molecule has 0 N–H and O–H groups in total. The second kappa shape index (κ2) is 41.9. The van der Waals surface area contributed by atoms with Crippen molar-refractivity contribution in [2.75, 3.05) is 13.2 Å². The second-order valence-electron chi connectivity index (χ2n) is 13.0. The summed E-state index contributed by atoms with van der Waals surface area (Å²) in [6.45, 7) is 9.31. The van der Waals surface area contributed by atoms with E-state index in [1.54, 1.807) is 0 Å². The van der Waals surface area contributed by atoms with Gasteiger partial charge in [0, 0.05) is 12.8 Å². The van der Waals surface area contributed by atoms with Crippen molar-refractivity contribution in [3.63, 3.8) is 0 Å². The molecule has 0 fully saturated rings. The van der Waals surface area contributed by atoms with E-state index in [-0.39, 0.29) is 11.9 Å². The lowest BCUT2D eigenvalue weighted by Gasteiger charge is -2.03. The number of hydrogen-bond donors (Lipinski definition) is 0. The highest BCUT2D eigenvalue weighted by atomic mass is 16.5. The molecule has 4 nitrogen and oxygen atoms in total. The minimum atomic E-state index is -0.0304. The van der Waals surface area contributed by atoms with Crippen LogP contribution in [-0.2, 0) is 19.1 Å². The number of esters is 2. The quantitative estimate of drug-likeness (QED) is 0.0528. The molecule has 0 atom stereocenters. The maximum absolute atomic E-state index is 11.2. The number of carbonyl (C=O) groups is 2. The van der Waals surface area contributed by atoms with Gasteiger partial charge in [-0.25, -0.2) is 0 Å². The Morgan fingerprint density at radius 2 is 0.477 bits per heavy atom. The van der Waals surface area contributed by atoms with Crippen molar-refractivity contribution >= 4 is 11.9 Å². The minimum absolute atomic E-state index is 0.0304. The Kier molecular flexibility index (Phi) is 43.0. The van der Waals surface area contributed by atoms with E-state index in [0.29, 0.717) is 26.1 Å². The van der Waals surface area contributed by atoms with Crippen LogP contribution in [0.2, 0.25) is 0 Å². The van der Waals surface area contributed by atoms with Gasteiger partial charge >= 0.3 is 11.9 Å². The highest BCUT2D eigenvalue weighted by Crippen LogP contribution is 2.15. The standard InChI is InChI=1S/2C20H40O2/c2*1-3-5-6-7-8-9-10-11-12-13-14-15-16-17-18-19-20(21)22-4-2/h2*3-19H2,1-2H3. The molecule has 0 bridgehead atoms. The topological polar surface area (TPSA) is 52.6 Å². The zero-order chi connectivity index (χ0) is 32.6. The largest absolute Gasteiger partial charge is 0.466 e. The van der Waals surface area contributed by atoms with Gasteiger partial charge in [0.1, 0.15) is 0 Å². The maximum Gasteiger partial charge on any atom is 0.305 e. The fraction of sp³-hybridized carbons (Fsp3) is 0.950. The fourth-order valence-electron chi connectivity index (χ4n) is 5.75. The first-order chi connectivity index (χ1) is 21.6. The summed E-state index contributed by atoms with van der Waals surface area (Å²) in [5, 5.41) is 0. The molecule has 0 aliphatic carbocycles. The molecule has 0 rings (SSSR count). The highest BCUT2D eigenvalue weighted by Gasteiger charge is 2.02. The summed E-state index contributed by atoms with van der Waals surface area (Å²) in [6, 6.07) is 0. The minimum Gasteiger partial charge on any atom is -0.466 e. The third kappa shape index (κ3) is 43.1. The van der Waals surface area contributed by atoms with E-state index in [0.717, 1.165) is 12.8 Å². The molecule has 0 saturated heterocycles. The van der Waals surface area contributed by atoms with Crippen LogP contribution in [0.5, 0.6) is 0 Å². The average Bonchev–Trinajstić information content (AvgIpc) is 3.01. The number of unbranched alkanes of at least 4 members (excludes halogenated alkanes) is 28. The molecular weight excluding hydrogens is 544 g/mol. The Balaban J connectivity index is 0. The van der Waals surface area contributed by atoms with Crippen LogP contribution in [0.15, 0.2) is 0 Å². The first-order valence-corrected chi connectivity index (χ1v) is 19.9. The maximum atomic E-state index is 11.2. The van der Waals surface area contributed by atoms with Crippen LogP contribution in [-0.4, -0.2) is 25.2 Å². The number of carbonyl (C=O) groups excluding carboxylic acids is 2. The average molecular weight is 625 g/mol. The van der Waals surface area contributed by atoms with Crippen LogP contribution in [0.4, 0.5) is 0 Å². The summed E-state index contributed by atoms with van der Waals surface area (Å²) in [6.07, 6.45) is 41.9. The molecule has 0 unspecified atom stereocenters. The van der Waals surface area contributed by atoms with E-state index < -0.39 is 0 Å².